The van der Waals surface area contributed by atoms with Gasteiger partial charge in [-0.25, -0.2) is 0 Å². The molecule has 1 aromatic carbocycles. The molecule has 0 aliphatic carbocycles. The fourth-order valence-electron chi connectivity index (χ4n) is 2.76. The van der Waals surface area contributed by atoms with Crippen molar-refractivity contribution in [2.75, 3.05) is 7.05 Å². The molecule has 1 N–H and O–H groups in total. The van der Waals surface area contributed by atoms with E-state index in [-0.39, 0.29) is 0 Å². The minimum absolute atomic E-state index is 0.443. The van der Waals surface area contributed by atoms with Gasteiger partial charge in [0, 0.05) is 18.8 Å². The Hall–Kier alpha value is -1.61. The second-order valence-corrected chi connectivity index (χ2v) is 5.66. The molecule has 0 radical (unpaired) electrons. The van der Waals surface area contributed by atoms with Crippen LogP contribution < -0.4 is 5.32 Å². The summed E-state index contributed by atoms with van der Waals surface area (Å²) in [5, 5.41) is 7.95. The molecule has 2 rings (SSSR count). The van der Waals surface area contributed by atoms with Gasteiger partial charge < -0.3 is 5.32 Å². The average Bonchev–Trinajstić information content (AvgIpc) is 2.64. The van der Waals surface area contributed by atoms with Gasteiger partial charge in [-0.2, -0.15) is 5.10 Å². The average molecular weight is 271 g/mol. The van der Waals surface area contributed by atoms with Crippen LogP contribution in [-0.2, 0) is 19.9 Å². The largest absolute Gasteiger partial charge is 0.316 e. The summed E-state index contributed by atoms with van der Waals surface area (Å²) in [5.74, 6) is 0. The Morgan fingerprint density at radius 2 is 1.95 bits per heavy atom. The smallest absolute Gasteiger partial charge is 0.0628 e. The minimum Gasteiger partial charge on any atom is -0.316 e. The molecule has 0 aliphatic heterocycles. The molecule has 1 aromatic heterocycles. The van der Waals surface area contributed by atoms with Gasteiger partial charge in [0.15, 0.2) is 0 Å². The lowest BCUT2D eigenvalue weighted by molar-refractivity contribution is 0.553. The van der Waals surface area contributed by atoms with Crippen LogP contribution in [0.2, 0.25) is 0 Å². The Kier molecular flexibility index (Phi) is 4.61. The van der Waals surface area contributed by atoms with Gasteiger partial charge >= 0.3 is 0 Å². The van der Waals surface area contributed by atoms with E-state index in [4.69, 9.17) is 0 Å². The summed E-state index contributed by atoms with van der Waals surface area (Å²) < 4.78 is 1.98. The highest BCUT2D eigenvalue weighted by Gasteiger charge is 2.15. The van der Waals surface area contributed by atoms with Crippen molar-refractivity contribution in [3.8, 4) is 0 Å². The summed E-state index contributed by atoms with van der Waals surface area (Å²) in [4.78, 5) is 0. The first-order valence-electron chi connectivity index (χ1n) is 7.23. The molecule has 108 valence electrons. The van der Waals surface area contributed by atoms with E-state index >= 15 is 0 Å². The second-order valence-electron chi connectivity index (χ2n) is 5.66. The predicted octanol–water partition coefficient (Wildman–Crippen LogP) is 2.72. The Morgan fingerprint density at radius 1 is 1.20 bits per heavy atom. The number of nitrogens with one attached hydrogen (secondary N) is 1. The van der Waals surface area contributed by atoms with E-state index in [1.807, 2.05) is 18.8 Å². The number of likely N-dealkylation sites (N-methyl/N-ethyl adjacent to an activating group) is 1. The first-order valence-corrected chi connectivity index (χ1v) is 7.23. The van der Waals surface area contributed by atoms with E-state index < -0.39 is 0 Å². The molecule has 1 heterocycles. The number of rotatable bonds is 5. The van der Waals surface area contributed by atoms with Gasteiger partial charge in [0.1, 0.15) is 0 Å². The third kappa shape index (κ3) is 3.28. The fourth-order valence-corrected chi connectivity index (χ4v) is 2.76. The van der Waals surface area contributed by atoms with Crippen molar-refractivity contribution in [2.45, 2.75) is 39.7 Å². The van der Waals surface area contributed by atoms with E-state index in [0.29, 0.717) is 6.04 Å². The standard InChI is InChI=1S/C17H25N3/c1-12-7-6-8-15(9-12)10-16(18-4)11-17-13(2)19-20(5)14(17)3/h6-9,16,18H,10-11H2,1-5H3. The summed E-state index contributed by atoms with van der Waals surface area (Å²) in [7, 11) is 4.06. The monoisotopic (exact) mass is 271 g/mol. The molecule has 0 fully saturated rings. The normalized spacial score (nSPS) is 12.7. The summed E-state index contributed by atoms with van der Waals surface area (Å²) in [6.07, 6.45) is 2.07. The number of benzene rings is 1. The van der Waals surface area contributed by atoms with Crippen LogP contribution >= 0.6 is 0 Å². The van der Waals surface area contributed by atoms with E-state index in [1.165, 1.54) is 22.4 Å². The van der Waals surface area contributed by atoms with Crippen molar-refractivity contribution in [2.24, 2.45) is 7.05 Å². The Morgan fingerprint density at radius 3 is 2.50 bits per heavy atom. The highest BCUT2D eigenvalue weighted by atomic mass is 15.3. The molecule has 0 saturated carbocycles. The zero-order valence-corrected chi connectivity index (χ0v) is 13.2. The molecule has 0 spiro atoms. The van der Waals surface area contributed by atoms with Gasteiger partial charge in [-0.3, -0.25) is 4.68 Å². The van der Waals surface area contributed by atoms with Crippen LogP contribution in [0, 0.1) is 20.8 Å². The molecule has 3 nitrogen and oxygen atoms in total. The van der Waals surface area contributed by atoms with Gasteiger partial charge in [0.25, 0.3) is 0 Å². The Balaban J connectivity index is 2.13. The topological polar surface area (TPSA) is 29.9 Å². The number of aryl methyl sites for hydroxylation is 3. The van der Waals surface area contributed by atoms with Gasteiger partial charge in [0.05, 0.1) is 5.69 Å². The Labute approximate surface area is 122 Å². The maximum Gasteiger partial charge on any atom is 0.0628 e. The summed E-state index contributed by atoms with van der Waals surface area (Å²) in [5.41, 5.74) is 6.51. The molecule has 20 heavy (non-hydrogen) atoms. The lowest BCUT2D eigenvalue weighted by Crippen LogP contribution is -2.30. The zero-order chi connectivity index (χ0) is 14.7. The van der Waals surface area contributed by atoms with Crippen molar-refractivity contribution >= 4 is 0 Å². The maximum absolute atomic E-state index is 4.51. The van der Waals surface area contributed by atoms with E-state index in [9.17, 15) is 0 Å². The summed E-state index contributed by atoms with van der Waals surface area (Å²) >= 11 is 0. The highest BCUT2D eigenvalue weighted by Crippen LogP contribution is 2.16. The number of aromatic nitrogens is 2. The van der Waals surface area contributed by atoms with Crippen LogP contribution in [0.15, 0.2) is 24.3 Å². The SMILES string of the molecule is CNC(Cc1cccc(C)c1)Cc1c(C)nn(C)c1C. The molecular weight excluding hydrogens is 246 g/mol. The van der Waals surface area contributed by atoms with Crippen LogP contribution in [-0.4, -0.2) is 22.9 Å². The molecule has 1 atom stereocenters. The first kappa shape index (κ1) is 14.8. The molecule has 2 aromatic rings. The third-order valence-electron chi connectivity index (χ3n) is 4.08. The highest BCUT2D eigenvalue weighted by molar-refractivity contribution is 5.27. The van der Waals surface area contributed by atoms with Crippen LogP contribution in [0.1, 0.15) is 28.1 Å². The van der Waals surface area contributed by atoms with Gasteiger partial charge in [-0.15, -0.1) is 0 Å². The van der Waals surface area contributed by atoms with Crippen LogP contribution in [0.4, 0.5) is 0 Å². The number of hydrogen-bond acceptors (Lipinski definition) is 2. The first-order chi connectivity index (χ1) is 9.51. The molecule has 0 aliphatic rings. The summed E-state index contributed by atoms with van der Waals surface area (Å²) in [6, 6.07) is 9.21. The molecule has 3 heteroatoms. The minimum atomic E-state index is 0.443. The zero-order valence-electron chi connectivity index (χ0n) is 13.2. The maximum atomic E-state index is 4.51. The Bertz CT molecular complexity index is 584. The van der Waals surface area contributed by atoms with E-state index in [1.54, 1.807) is 0 Å². The van der Waals surface area contributed by atoms with Crippen molar-refractivity contribution in [3.05, 3.63) is 52.3 Å². The van der Waals surface area contributed by atoms with Crippen LogP contribution in [0.25, 0.3) is 0 Å². The lowest BCUT2D eigenvalue weighted by atomic mass is 9.97. The second kappa shape index (κ2) is 6.23. The number of hydrogen-bond donors (Lipinski definition) is 1. The fraction of sp³-hybridized carbons (Fsp3) is 0.471. The predicted molar refractivity (Wildman–Crippen MR) is 84.1 cm³/mol. The molecule has 1 unspecified atom stereocenters. The quantitative estimate of drug-likeness (QED) is 0.906. The van der Waals surface area contributed by atoms with Gasteiger partial charge in [-0.1, -0.05) is 29.8 Å². The molecular formula is C17H25N3. The van der Waals surface area contributed by atoms with Crippen molar-refractivity contribution in [1.82, 2.24) is 15.1 Å². The lowest BCUT2D eigenvalue weighted by Gasteiger charge is -2.17. The van der Waals surface area contributed by atoms with Crippen molar-refractivity contribution in [1.29, 1.82) is 0 Å². The molecule has 0 saturated heterocycles. The van der Waals surface area contributed by atoms with Crippen LogP contribution in [0.3, 0.4) is 0 Å². The third-order valence-corrected chi connectivity index (χ3v) is 4.08. The van der Waals surface area contributed by atoms with Gasteiger partial charge in [-0.05, 0) is 51.8 Å². The molecule has 0 amide bonds. The van der Waals surface area contributed by atoms with Gasteiger partial charge in [0.2, 0.25) is 0 Å². The van der Waals surface area contributed by atoms with Crippen LogP contribution in [0.5, 0.6) is 0 Å². The number of nitrogens with zero attached hydrogens (tertiary/aromatic N) is 2. The van der Waals surface area contributed by atoms with E-state index in [0.717, 1.165) is 18.5 Å². The summed E-state index contributed by atoms with van der Waals surface area (Å²) in [6.45, 7) is 6.39. The van der Waals surface area contributed by atoms with Crippen molar-refractivity contribution < 1.29 is 0 Å². The van der Waals surface area contributed by atoms with E-state index in [2.05, 4.69) is 55.5 Å². The van der Waals surface area contributed by atoms with Crippen molar-refractivity contribution in [3.63, 3.8) is 0 Å². The molecule has 0 bridgehead atoms.